The topological polar surface area (TPSA) is 40.8 Å². The largest absolute Gasteiger partial charge is 0.510 e. The Hall–Kier alpha value is -8.31. The van der Waals surface area contributed by atoms with Crippen molar-refractivity contribution in [3.8, 4) is 56.6 Å². The maximum atomic E-state index is 6.86. The van der Waals surface area contributed by atoms with Crippen LogP contribution in [0.5, 0.6) is 11.5 Å². The van der Waals surface area contributed by atoms with E-state index in [1.807, 2.05) is 24.4 Å². The minimum absolute atomic E-state index is 0. The monoisotopic (exact) mass is 1220 g/mol. The number of para-hydroxylation sites is 5. The second-order valence-electron chi connectivity index (χ2n) is 23.1. The van der Waals surface area contributed by atoms with Gasteiger partial charge in [0.15, 0.2) is 0 Å². The van der Waals surface area contributed by atoms with Gasteiger partial charge < -0.3 is 18.4 Å². The van der Waals surface area contributed by atoms with Gasteiger partial charge in [0.2, 0.25) is 0 Å². The molecule has 0 fully saturated rings. The summed E-state index contributed by atoms with van der Waals surface area (Å²) in [5, 5.41) is 4.63. The predicted molar refractivity (Wildman–Crippen MR) is 326 cm³/mol. The van der Waals surface area contributed by atoms with Crippen LogP contribution in [0, 0.1) is 18.5 Å². The Balaban J connectivity index is 0.00000637. The van der Waals surface area contributed by atoms with Gasteiger partial charge in [-0.05, 0) is 122 Å². The van der Waals surface area contributed by atoms with Crippen molar-refractivity contribution in [1.29, 1.82) is 0 Å². The zero-order valence-electron chi connectivity index (χ0n) is 46.6. The van der Waals surface area contributed by atoms with Crippen molar-refractivity contribution in [2.24, 2.45) is 0 Å². The van der Waals surface area contributed by atoms with Gasteiger partial charge in [0.05, 0.1) is 27.8 Å². The first kappa shape index (κ1) is 52.4. The van der Waals surface area contributed by atoms with Gasteiger partial charge in [-0.25, -0.2) is 4.98 Å². The zero-order chi connectivity index (χ0) is 54.2. The molecule has 0 spiro atoms. The van der Waals surface area contributed by atoms with Gasteiger partial charge in [-0.2, -0.15) is 18.2 Å². The quantitative estimate of drug-likeness (QED) is 0.0956. The molecule has 0 unspecified atom stereocenters. The Kier molecular flexibility index (Phi) is 13.6. The molecule has 4 aromatic heterocycles. The van der Waals surface area contributed by atoms with Crippen LogP contribution in [0.4, 0.5) is 0 Å². The molecule has 80 heavy (non-hydrogen) atoms. The van der Waals surface area contributed by atoms with Gasteiger partial charge >= 0.3 is 0 Å². The Morgan fingerprint density at radius 1 is 0.512 bits per heavy atom. The van der Waals surface area contributed by atoms with Crippen LogP contribution in [-0.2, 0) is 31.9 Å². The van der Waals surface area contributed by atoms with E-state index >= 15 is 0 Å². The summed E-state index contributed by atoms with van der Waals surface area (Å²) in [5.74, 6) is 2.43. The third-order valence-corrected chi connectivity index (χ3v) is 16.0. The molecule has 7 heteroatoms. The van der Waals surface area contributed by atoms with E-state index < -0.39 is 0 Å². The fraction of sp³-hybridized carbons (Fsp3) is 0.178. The van der Waals surface area contributed by atoms with Crippen molar-refractivity contribution in [2.75, 3.05) is 0 Å². The number of ether oxygens (including phenoxy) is 1. The van der Waals surface area contributed by atoms with E-state index in [1.165, 1.54) is 44.1 Å². The predicted octanol–water partition coefficient (Wildman–Crippen LogP) is 18.5. The number of rotatable bonds is 11. The van der Waals surface area contributed by atoms with Crippen molar-refractivity contribution in [2.45, 2.75) is 85.0 Å². The van der Waals surface area contributed by atoms with Crippen molar-refractivity contribution >= 4 is 54.6 Å². The fourth-order valence-electron chi connectivity index (χ4n) is 11.8. The standard InChI is InChI=1S/C73H63N5O.Pt/c1-9-48(10-2)50-38-39-74-70(42-50)78-66-37-34-55(77-64-30-16-14-26-60(64)61-27-15-17-31-65(61)77)45-63(66)62-36-35-57(46-69(62)78)79-56-25-20-24-54(44-56)75-47-76(68-33-19-18-32-67(68)75)71-58(49-22-12-11-13-23-49)28-21-29-59(71)51-40-52(72(3,4)5)43-53(41-51)73(6,7)8;/h11-43,45,48H,9-10H2,1-8H3;/q-2;. The molecule has 0 radical (unpaired) electrons. The van der Waals surface area contributed by atoms with E-state index in [2.05, 4.69) is 274 Å². The maximum Gasteiger partial charge on any atom is 0.268 e. The molecule has 0 atom stereocenters. The van der Waals surface area contributed by atoms with E-state index in [-0.39, 0.29) is 31.9 Å². The molecular weight excluding hydrogens is 1160 g/mol. The summed E-state index contributed by atoms with van der Waals surface area (Å²) in [4.78, 5) is 5.05. The number of imidazole rings is 1. The number of hydrogen-bond acceptors (Lipinski definition) is 2. The molecular formula is C73H63N5OPt-2. The Labute approximate surface area is 483 Å². The molecule has 0 aliphatic carbocycles. The number of fused-ring (bicyclic) bond motifs is 7. The van der Waals surface area contributed by atoms with Crippen LogP contribution >= 0.6 is 0 Å². The van der Waals surface area contributed by atoms with Gasteiger partial charge in [0, 0.05) is 60.7 Å². The summed E-state index contributed by atoms with van der Waals surface area (Å²) in [6.45, 7) is 18.3. The molecule has 9 aromatic carbocycles. The van der Waals surface area contributed by atoms with Crippen LogP contribution in [0.1, 0.15) is 90.8 Å². The number of benzene rings is 9. The van der Waals surface area contributed by atoms with Crippen molar-refractivity contribution in [3.63, 3.8) is 0 Å². The van der Waals surface area contributed by atoms with Crippen molar-refractivity contribution < 1.29 is 30.4 Å². The molecule has 6 nitrogen and oxygen atoms in total. The van der Waals surface area contributed by atoms with Crippen LogP contribution in [0.25, 0.3) is 99.8 Å². The Bertz CT molecular complexity index is 4380. The molecule has 0 amide bonds. The third-order valence-electron chi connectivity index (χ3n) is 16.0. The molecule has 0 aliphatic heterocycles. The molecule has 0 saturated carbocycles. The van der Waals surface area contributed by atoms with Crippen LogP contribution in [0.2, 0.25) is 0 Å². The number of aromatic nitrogens is 5. The first-order valence-electron chi connectivity index (χ1n) is 27.8. The Morgan fingerprint density at radius 2 is 1.12 bits per heavy atom. The third kappa shape index (κ3) is 9.23. The van der Waals surface area contributed by atoms with Crippen LogP contribution < -0.4 is 9.30 Å². The van der Waals surface area contributed by atoms with Gasteiger partial charge in [-0.1, -0.05) is 188 Å². The fourth-order valence-corrected chi connectivity index (χ4v) is 11.8. The van der Waals surface area contributed by atoms with Gasteiger partial charge in [-0.15, -0.1) is 29.7 Å². The second kappa shape index (κ2) is 20.7. The minimum atomic E-state index is -0.0531. The molecule has 4 heterocycles. The summed E-state index contributed by atoms with van der Waals surface area (Å²) in [5.41, 5.74) is 17.6. The van der Waals surface area contributed by atoms with Crippen LogP contribution in [0.15, 0.2) is 206 Å². The zero-order valence-corrected chi connectivity index (χ0v) is 48.9. The summed E-state index contributed by atoms with van der Waals surface area (Å²) in [6, 6.07) is 79.4. The summed E-state index contributed by atoms with van der Waals surface area (Å²) in [6.07, 6.45) is 7.93. The first-order chi connectivity index (χ1) is 38.3. The molecule has 0 bridgehead atoms. The molecule has 0 N–H and O–H groups in total. The van der Waals surface area contributed by atoms with Crippen molar-refractivity contribution in [3.05, 3.63) is 242 Å². The SMILES string of the molecule is CCC(CC)c1ccnc(-n2c3[c-]c(Oc4[c-]c(-n5[c-][n+](-c6c(-c7ccccc7)cccc6-c6cc(C(C)(C)C)cc(C(C)(C)C)c6)c6ccccc65)ccc4)ccc3c3cc(-n4c5ccccc5c5ccccc54)ccc32)c1.[Pt]. The molecule has 13 aromatic rings. The molecule has 13 rings (SSSR count). The van der Waals surface area contributed by atoms with Crippen LogP contribution in [0.3, 0.4) is 0 Å². The summed E-state index contributed by atoms with van der Waals surface area (Å²) >= 11 is 0. The minimum Gasteiger partial charge on any atom is -0.510 e. The normalized spacial score (nSPS) is 12.1. The average molecular weight is 1220 g/mol. The van der Waals surface area contributed by atoms with E-state index in [0.717, 1.165) is 85.3 Å². The van der Waals surface area contributed by atoms with Crippen molar-refractivity contribution in [1.82, 2.24) is 18.7 Å². The smallest absolute Gasteiger partial charge is 0.268 e. The summed E-state index contributed by atoms with van der Waals surface area (Å²) in [7, 11) is 0. The van der Waals surface area contributed by atoms with Gasteiger partial charge in [0.25, 0.3) is 6.33 Å². The van der Waals surface area contributed by atoms with E-state index in [1.54, 1.807) is 0 Å². The van der Waals surface area contributed by atoms with E-state index in [9.17, 15) is 0 Å². The summed E-state index contributed by atoms with van der Waals surface area (Å²) < 4.78 is 15.9. The number of nitrogens with zero attached hydrogens (tertiary/aromatic N) is 5. The van der Waals surface area contributed by atoms with Gasteiger partial charge in [0.1, 0.15) is 5.82 Å². The maximum absolute atomic E-state index is 6.86. The van der Waals surface area contributed by atoms with E-state index in [0.29, 0.717) is 17.4 Å². The second-order valence-corrected chi connectivity index (χ2v) is 23.1. The molecule has 398 valence electrons. The van der Waals surface area contributed by atoms with E-state index in [4.69, 9.17) is 9.72 Å². The Morgan fingerprint density at radius 3 is 1.81 bits per heavy atom. The number of pyridine rings is 1. The number of hydrogen-bond donors (Lipinski definition) is 0. The van der Waals surface area contributed by atoms with Crippen LogP contribution in [-0.4, -0.2) is 18.7 Å². The first-order valence-corrected chi connectivity index (χ1v) is 27.8. The molecule has 0 aliphatic rings. The average Bonchev–Trinajstić information content (AvgIpc) is 4.35. The molecule has 0 saturated heterocycles. The van der Waals surface area contributed by atoms with Gasteiger partial charge in [-0.3, -0.25) is 4.57 Å².